The molecule has 0 bridgehead atoms. The quantitative estimate of drug-likeness (QED) is 0.897. The molecule has 1 aliphatic carbocycles. The third-order valence-electron chi connectivity index (χ3n) is 6.03. The van der Waals surface area contributed by atoms with E-state index in [9.17, 15) is 4.79 Å². The molecule has 1 aliphatic heterocycles. The molecule has 2 atom stereocenters. The Bertz CT molecular complexity index is 635. The molecule has 1 aromatic rings. The predicted octanol–water partition coefficient (Wildman–Crippen LogP) is 1.37. The van der Waals surface area contributed by atoms with E-state index in [1.807, 2.05) is 18.0 Å². The summed E-state index contributed by atoms with van der Waals surface area (Å²) in [5.74, 6) is 1.70. The van der Waals surface area contributed by atoms with Crippen LogP contribution in [0.4, 0.5) is 11.6 Å². The van der Waals surface area contributed by atoms with E-state index in [4.69, 9.17) is 4.74 Å². The number of piperazine rings is 1. The second kappa shape index (κ2) is 5.88. The third-order valence-corrected chi connectivity index (χ3v) is 6.03. The molecular formula is C17H27N5O2. The number of anilines is 2. The first-order chi connectivity index (χ1) is 11.3. The number of hydrogen-bond acceptors (Lipinski definition) is 6. The summed E-state index contributed by atoms with van der Waals surface area (Å²) in [6, 6.07) is 2.22. The van der Waals surface area contributed by atoms with Crippen LogP contribution in [-0.4, -0.2) is 66.2 Å². The number of rotatable bonds is 4. The monoisotopic (exact) mass is 333 g/mol. The molecule has 3 rings (SSSR count). The fraction of sp³-hybridized carbons (Fsp3) is 0.706. The highest BCUT2D eigenvalue weighted by Crippen LogP contribution is 2.52. The van der Waals surface area contributed by atoms with Crippen LogP contribution in [0, 0.1) is 5.41 Å². The topological polar surface area (TPSA) is 70.6 Å². The van der Waals surface area contributed by atoms with Crippen molar-refractivity contribution in [3.8, 4) is 0 Å². The lowest BCUT2D eigenvalue weighted by Gasteiger charge is -2.59. The minimum atomic E-state index is -0.121. The van der Waals surface area contributed by atoms with Crippen molar-refractivity contribution in [2.24, 2.45) is 5.41 Å². The molecule has 0 spiro atoms. The van der Waals surface area contributed by atoms with Gasteiger partial charge in [0.2, 0.25) is 5.91 Å². The van der Waals surface area contributed by atoms with Gasteiger partial charge < -0.3 is 19.9 Å². The second-order valence-corrected chi connectivity index (χ2v) is 7.56. The fourth-order valence-electron chi connectivity index (χ4n) is 3.45. The van der Waals surface area contributed by atoms with E-state index in [1.54, 1.807) is 18.3 Å². The second-order valence-electron chi connectivity index (χ2n) is 7.56. The van der Waals surface area contributed by atoms with Crippen molar-refractivity contribution in [2.45, 2.75) is 38.8 Å². The van der Waals surface area contributed by atoms with Crippen LogP contribution in [0.5, 0.6) is 0 Å². The first-order valence-corrected chi connectivity index (χ1v) is 8.39. The number of nitrogens with one attached hydrogen (secondary N) is 1. The standard InChI is InChI=1S/C17H27N5O2/c1-16(2)12(9-17(16,3)24-5)20-13-8-14(19-11-18-13)22-7-6-21(4)15(23)10-22/h8,11-12H,6-7,9-10H2,1-5H3,(H,18,19,20). The fourth-order valence-corrected chi connectivity index (χ4v) is 3.45. The van der Waals surface area contributed by atoms with Gasteiger partial charge in [-0.1, -0.05) is 13.8 Å². The van der Waals surface area contributed by atoms with Crippen LogP contribution in [0.2, 0.25) is 0 Å². The van der Waals surface area contributed by atoms with Gasteiger partial charge in [0.15, 0.2) is 0 Å². The zero-order chi connectivity index (χ0) is 17.5. The summed E-state index contributed by atoms with van der Waals surface area (Å²) in [5, 5.41) is 3.50. The smallest absolute Gasteiger partial charge is 0.241 e. The minimum absolute atomic E-state index is 0.0106. The van der Waals surface area contributed by atoms with Gasteiger partial charge in [-0.2, -0.15) is 0 Å². The molecule has 2 heterocycles. The Morgan fingerprint density at radius 2 is 2.04 bits per heavy atom. The summed E-state index contributed by atoms with van der Waals surface area (Å²) < 4.78 is 5.67. The molecular weight excluding hydrogens is 306 g/mol. The van der Waals surface area contributed by atoms with Gasteiger partial charge in [0.05, 0.1) is 12.1 Å². The average Bonchev–Trinajstić information content (AvgIpc) is 2.57. The third kappa shape index (κ3) is 2.70. The van der Waals surface area contributed by atoms with Crippen molar-refractivity contribution in [2.75, 3.05) is 44.0 Å². The molecule has 1 saturated carbocycles. The van der Waals surface area contributed by atoms with Gasteiger partial charge in [0.1, 0.15) is 18.0 Å². The van der Waals surface area contributed by atoms with E-state index in [-0.39, 0.29) is 16.9 Å². The zero-order valence-corrected chi connectivity index (χ0v) is 15.2. The lowest BCUT2D eigenvalue weighted by Crippen LogP contribution is -2.65. The Morgan fingerprint density at radius 3 is 2.67 bits per heavy atom. The van der Waals surface area contributed by atoms with Gasteiger partial charge in [0.25, 0.3) is 0 Å². The maximum Gasteiger partial charge on any atom is 0.241 e. The number of hydrogen-bond donors (Lipinski definition) is 1. The Balaban J connectivity index is 1.70. The molecule has 132 valence electrons. The van der Waals surface area contributed by atoms with Crippen LogP contribution < -0.4 is 10.2 Å². The number of carbonyl (C=O) groups is 1. The summed E-state index contributed by atoms with van der Waals surface area (Å²) in [6.07, 6.45) is 2.49. The van der Waals surface area contributed by atoms with Crippen LogP contribution >= 0.6 is 0 Å². The van der Waals surface area contributed by atoms with E-state index in [1.165, 1.54) is 0 Å². The molecule has 2 fully saturated rings. The van der Waals surface area contributed by atoms with Gasteiger partial charge >= 0.3 is 0 Å². The van der Waals surface area contributed by atoms with E-state index in [0.29, 0.717) is 19.1 Å². The molecule has 24 heavy (non-hydrogen) atoms. The Labute approximate surface area is 143 Å². The summed E-state index contributed by atoms with van der Waals surface area (Å²) >= 11 is 0. The molecule has 1 amide bonds. The normalized spacial score (nSPS) is 29.4. The maximum atomic E-state index is 11.9. The number of likely N-dealkylation sites (N-methyl/N-ethyl adjacent to an activating group) is 1. The summed E-state index contributed by atoms with van der Waals surface area (Å²) in [5.41, 5.74) is -0.110. The lowest BCUT2D eigenvalue weighted by atomic mass is 9.56. The summed E-state index contributed by atoms with van der Waals surface area (Å²) in [4.78, 5) is 24.3. The largest absolute Gasteiger partial charge is 0.378 e. The first-order valence-electron chi connectivity index (χ1n) is 8.39. The highest BCUT2D eigenvalue weighted by atomic mass is 16.5. The van der Waals surface area contributed by atoms with Crippen LogP contribution in [0.1, 0.15) is 27.2 Å². The molecule has 2 aliphatic rings. The molecule has 0 aromatic carbocycles. The SMILES string of the molecule is COC1(C)CC(Nc2cc(N3CCN(C)C(=O)C3)ncn2)C1(C)C. The number of amides is 1. The van der Waals surface area contributed by atoms with E-state index in [2.05, 4.69) is 36.1 Å². The Hall–Kier alpha value is -1.89. The number of methoxy groups -OCH3 is 1. The number of aromatic nitrogens is 2. The molecule has 7 nitrogen and oxygen atoms in total. The molecule has 2 unspecified atom stereocenters. The molecule has 0 radical (unpaired) electrons. The van der Waals surface area contributed by atoms with Crippen molar-refractivity contribution in [3.05, 3.63) is 12.4 Å². The van der Waals surface area contributed by atoms with Gasteiger partial charge in [0, 0.05) is 44.8 Å². The zero-order valence-electron chi connectivity index (χ0n) is 15.2. The van der Waals surface area contributed by atoms with Crippen LogP contribution in [0.25, 0.3) is 0 Å². The van der Waals surface area contributed by atoms with E-state index >= 15 is 0 Å². The molecule has 1 aromatic heterocycles. The Kier molecular flexibility index (Phi) is 4.15. The first kappa shape index (κ1) is 17.0. The van der Waals surface area contributed by atoms with Crippen molar-refractivity contribution >= 4 is 17.5 Å². The molecule has 1 N–H and O–H groups in total. The molecule has 7 heteroatoms. The van der Waals surface area contributed by atoms with E-state index < -0.39 is 0 Å². The highest BCUT2D eigenvalue weighted by Gasteiger charge is 2.57. The van der Waals surface area contributed by atoms with Gasteiger partial charge in [-0.3, -0.25) is 4.79 Å². The number of nitrogens with zero attached hydrogens (tertiary/aromatic N) is 4. The highest BCUT2D eigenvalue weighted by molar-refractivity contribution is 5.82. The molecule has 1 saturated heterocycles. The average molecular weight is 333 g/mol. The van der Waals surface area contributed by atoms with Gasteiger partial charge in [-0.15, -0.1) is 0 Å². The predicted molar refractivity (Wildman–Crippen MR) is 93.1 cm³/mol. The Morgan fingerprint density at radius 1 is 1.29 bits per heavy atom. The van der Waals surface area contributed by atoms with Crippen molar-refractivity contribution in [1.29, 1.82) is 0 Å². The van der Waals surface area contributed by atoms with Crippen LogP contribution in [0.3, 0.4) is 0 Å². The van der Waals surface area contributed by atoms with Gasteiger partial charge in [-0.05, 0) is 13.3 Å². The van der Waals surface area contributed by atoms with Crippen LogP contribution in [0.15, 0.2) is 12.4 Å². The van der Waals surface area contributed by atoms with Crippen molar-refractivity contribution < 1.29 is 9.53 Å². The van der Waals surface area contributed by atoms with Crippen LogP contribution in [-0.2, 0) is 9.53 Å². The lowest BCUT2D eigenvalue weighted by molar-refractivity contribution is -0.166. The minimum Gasteiger partial charge on any atom is -0.378 e. The van der Waals surface area contributed by atoms with Gasteiger partial charge in [-0.25, -0.2) is 9.97 Å². The maximum absolute atomic E-state index is 11.9. The summed E-state index contributed by atoms with van der Waals surface area (Å²) in [7, 11) is 3.60. The number of ether oxygens (including phenoxy) is 1. The van der Waals surface area contributed by atoms with Crippen molar-refractivity contribution in [3.63, 3.8) is 0 Å². The van der Waals surface area contributed by atoms with E-state index in [0.717, 1.165) is 24.6 Å². The summed E-state index contributed by atoms with van der Waals surface area (Å²) in [6.45, 7) is 8.43. The number of carbonyl (C=O) groups excluding carboxylic acids is 1. The van der Waals surface area contributed by atoms with Crippen molar-refractivity contribution in [1.82, 2.24) is 14.9 Å².